The molecule has 0 saturated carbocycles. The number of hydrogen-bond donors (Lipinski definition) is 1. The van der Waals surface area contributed by atoms with E-state index in [9.17, 15) is 4.79 Å². The normalized spacial score (nSPS) is 15.5. The predicted octanol–water partition coefficient (Wildman–Crippen LogP) is 1.65. The van der Waals surface area contributed by atoms with Crippen LogP contribution in [0.1, 0.15) is 35.8 Å². The largest absolute Gasteiger partial charge is 0.355 e. The smallest absolute Gasteiger partial charge is 0.254 e. The lowest BCUT2D eigenvalue weighted by molar-refractivity contribution is 0.0945. The van der Waals surface area contributed by atoms with Gasteiger partial charge in [-0.25, -0.2) is 4.98 Å². The van der Waals surface area contributed by atoms with Crippen LogP contribution in [-0.4, -0.2) is 45.3 Å². The maximum Gasteiger partial charge on any atom is 0.254 e. The molecular formula is C17H24N6O. The fourth-order valence-corrected chi connectivity index (χ4v) is 3.05. The molecule has 0 unspecified atom stereocenters. The number of piperidine rings is 1. The monoisotopic (exact) mass is 328 g/mol. The van der Waals surface area contributed by atoms with Gasteiger partial charge in [0.05, 0.1) is 17.5 Å². The van der Waals surface area contributed by atoms with E-state index in [1.54, 1.807) is 29.5 Å². The second kappa shape index (κ2) is 7.42. The van der Waals surface area contributed by atoms with Crippen LogP contribution in [0.25, 0.3) is 0 Å². The standard InChI is InChI=1S/C17H24N6O/c1-3-23-12-15(11-21-23)17(24)20-10-14-4-8-22(9-5-14)16-13(2)18-6-7-19-16/h6-7,11-12,14H,3-5,8-10H2,1-2H3,(H,20,24). The molecule has 128 valence electrons. The molecule has 1 fully saturated rings. The molecule has 0 atom stereocenters. The number of anilines is 1. The van der Waals surface area contributed by atoms with Crippen molar-refractivity contribution in [3.63, 3.8) is 0 Å². The second-order valence-electron chi connectivity index (χ2n) is 6.19. The van der Waals surface area contributed by atoms with Crippen LogP contribution in [0.15, 0.2) is 24.8 Å². The lowest BCUT2D eigenvalue weighted by Crippen LogP contribution is -2.39. The molecule has 1 aliphatic heterocycles. The second-order valence-corrected chi connectivity index (χ2v) is 6.19. The van der Waals surface area contributed by atoms with Crippen LogP contribution >= 0.6 is 0 Å². The van der Waals surface area contributed by atoms with E-state index < -0.39 is 0 Å². The number of hydrogen-bond acceptors (Lipinski definition) is 5. The van der Waals surface area contributed by atoms with Crippen molar-refractivity contribution in [2.45, 2.75) is 33.2 Å². The summed E-state index contributed by atoms with van der Waals surface area (Å²) >= 11 is 0. The number of carbonyl (C=O) groups is 1. The van der Waals surface area contributed by atoms with Crippen molar-refractivity contribution in [2.24, 2.45) is 5.92 Å². The molecule has 1 N–H and O–H groups in total. The van der Waals surface area contributed by atoms with E-state index in [0.717, 1.165) is 44.0 Å². The van der Waals surface area contributed by atoms with Gasteiger partial charge < -0.3 is 10.2 Å². The molecule has 0 aliphatic carbocycles. The van der Waals surface area contributed by atoms with Crippen LogP contribution in [0.4, 0.5) is 5.82 Å². The first-order valence-electron chi connectivity index (χ1n) is 8.50. The Kier molecular flexibility index (Phi) is 5.08. The summed E-state index contributed by atoms with van der Waals surface area (Å²) in [6.07, 6.45) is 8.97. The first-order chi connectivity index (χ1) is 11.7. The lowest BCUT2D eigenvalue weighted by Gasteiger charge is -2.33. The number of nitrogens with one attached hydrogen (secondary N) is 1. The molecule has 0 bridgehead atoms. The summed E-state index contributed by atoms with van der Waals surface area (Å²) in [7, 11) is 0. The van der Waals surface area contributed by atoms with Crippen molar-refractivity contribution in [1.29, 1.82) is 0 Å². The Morgan fingerprint density at radius 2 is 2.04 bits per heavy atom. The van der Waals surface area contributed by atoms with Gasteiger partial charge in [0.25, 0.3) is 5.91 Å². The van der Waals surface area contributed by atoms with E-state index in [-0.39, 0.29) is 5.91 Å². The number of nitrogens with zero attached hydrogens (tertiary/aromatic N) is 5. The highest BCUT2D eigenvalue weighted by Gasteiger charge is 2.22. The minimum Gasteiger partial charge on any atom is -0.355 e. The highest BCUT2D eigenvalue weighted by molar-refractivity contribution is 5.93. The van der Waals surface area contributed by atoms with Gasteiger partial charge in [0.2, 0.25) is 0 Å². The number of aromatic nitrogens is 4. The Morgan fingerprint density at radius 1 is 1.29 bits per heavy atom. The third-order valence-corrected chi connectivity index (χ3v) is 4.54. The third kappa shape index (κ3) is 3.72. The summed E-state index contributed by atoms with van der Waals surface area (Å²) in [5, 5.41) is 7.17. The summed E-state index contributed by atoms with van der Waals surface area (Å²) in [5.41, 5.74) is 1.60. The lowest BCUT2D eigenvalue weighted by atomic mass is 9.96. The molecule has 1 amide bonds. The van der Waals surface area contributed by atoms with E-state index in [1.807, 2.05) is 13.8 Å². The Balaban J connectivity index is 1.47. The molecule has 0 spiro atoms. The number of carbonyl (C=O) groups excluding carboxylic acids is 1. The number of aryl methyl sites for hydroxylation is 2. The predicted molar refractivity (Wildman–Crippen MR) is 91.9 cm³/mol. The van der Waals surface area contributed by atoms with Gasteiger partial charge in [-0.2, -0.15) is 5.10 Å². The highest BCUT2D eigenvalue weighted by Crippen LogP contribution is 2.22. The molecular weight excluding hydrogens is 304 g/mol. The van der Waals surface area contributed by atoms with Crippen LogP contribution < -0.4 is 10.2 Å². The molecule has 1 saturated heterocycles. The molecule has 3 rings (SSSR count). The fourth-order valence-electron chi connectivity index (χ4n) is 3.05. The Hall–Kier alpha value is -2.44. The minimum atomic E-state index is -0.0399. The topological polar surface area (TPSA) is 75.9 Å². The van der Waals surface area contributed by atoms with Crippen molar-refractivity contribution in [1.82, 2.24) is 25.1 Å². The summed E-state index contributed by atoms with van der Waals surface area (Å²) in [4.78, 5) is 23.2. The Morgan fingerprint density at radius 3 is 2.71 bits per heavy atom. The number of rotatable bonds is 5. The van der Waals surface area contributed by atoms with Gasteiger partial charge in [-0.1, -0.05) is 0 Å². The quantitative estimate of drug-likeness (QED) is 0.903. The highest BCUT2D eigenvalue weighted by atomic mass is 16.1. The van der Waals surface area contributed by atoms with Crippen molar-refractivity contribution < 1.29 is 4.79 Å². The zero-order valence-electron chi connectivity index (χ0n) is 14.3. The van der Waals surface area contributed by atoms with Gasteiger partial charge in [-0.15, -0.1) is 0 Å². The fraction of sp³-hybridized carbons (Fsp3) is 0.529. The van der Waals surface area contributed by atoms with Gasteiger partial charge >= 0.3 is 0 Å². The van der Waals surface area contributed by atoms with E-state index in [1.165, 1.54) is 0 Å². The first kappa shape index (κ1) is 16.4. The van der Waals surface area contributed by atoms with Crippen molar-refractivity contribution >= 4 is 11.7 Å². The molecule has 0 aromatic carbocycles. The van der Waals surface area contributed by atoms with Crippen molar-refractivity contribution in [3.05, 3.63) is 36.0 Å². The summed E-state index contributed by atoms with van der Waals surface area (Å²) in [6, 6.07) is 0. The molecule has 2 aromatic heterocycles. The van der Waals surface area contributed by atoms with Crippen LogP contribution in [-0.2, 0) is 6.54 Å². The summed E-state index contributed by atoms with van der Waals surface area (Å²) in [5.74, 6) is 1.44. The first-order valence-corrected chi connectivity index (χ1v) is 8.50. The molecule has 0 radical (unpaired) electrons. The van der Waals surface area contributed by atoms with Crippen molar-refractivity contribution in [3.8, 4) is 0 Å². The molecule has 7 nitrogen and oxygen atoms in total. The minimum absolute atomic E-state index is 0.0399. The average Bonchev–Trinajstić information content (AvgIpc) is 3.10. The van der Waals surface area contributed by atoms with Gasteiger partial charge in [0.1, 0.15) is 5.82 Å². The average molecular weight is 328 g/mol. The van der Waals surface area contributed by atoms with Crippen molar-refractivity contribution in [2.75, 3.05) is 24.5 Å². The SMILES string of the molecule is CCn1cc(C(=O)NCC2CCN(c3nccnc3C)CC2)cn1. The summed E-state index contributed by atoms with van der Waals surface area (Å²) in [6.45, 7) is 7.38. The zero-order chi connectivity index (χ0) is 16.9. The Bertz CT molecular complexity index is 690. The zero-order valence-corrected chi connectivity index (χ0v) is 14.3. The van der Waals surface area contributed by atoms with Crippen LogP contribution in [0.2, 0.25) is 0 Å². The van der Waals surface area contributed by atoms with Gasteiger partial charge in [0.15, 0.2) is 0 Å². The van der Waals surface area contributed by atoms with Gasteiger partial charge in [-0.05, 0) is 32.6 Å². The van der Waals surface area contributed by atoms with E-state index in [4.69, 9.17) is 0 Å². The molecule has 1 aliphatic rings. The van der Waals surface area contributed by atoms with Crippen LogP contribution in [0.5, 0.6) is 0 Å². The van der Waals surface area contributed by atoms with Crippen LogP contribution in [0.3, 0.4) is 0 Å². The summed E-state index contributed by atoms with van der Waals surface area (Å²) < 4.78 is 1.76. The Labute approximate surface area is 142 Å². The van der Waals surface area contributed by atoms with Gasteiger partial charge in [0, 0.05) is 44.8 Å². The number of amides is 1. The molecule has 7 heteroatoms. The molecule has 2 aromatic rings. The van der Waals surface area contributed by atoms with E-state index in [0.29, 0.717) is 18.0 Å². The van der Waals surface area contributed by atoms with Gasteiger partial charge in [-0.3, -0.25) is 14.5 Å². The third-order valence-electron chi connectivity index (χ3n) is 4.54. The molecule has 3 heterocycles. The maximum absolute atomic E-state index is 12.2. The van der Waals surface area contributed by atoms with E-state index >= 15 is 0 Å². The van der Waals surface area contributed by atoms with Crippen LogP contribution in [0, 0.1) is 12.8 Å². The molecule has 24 heavy (non-hydrogen) atoms. The van der Waals surface area contributed by atoms with E-state index in [2.05, 4.69) is 25.3 Å². The maximum atomic E-state index is 12.2.